The SMILES string of the molecule is CCOc1nc(=O)n([C@H]2C[C@H](OCc3ccccc3)[C@@H](COC(c3ccccc3)(c3ccccc3)c3ccccc3)O2)cc1I. The molecular weight excluding hydrogens is 679 g/mol. The molecule has 1 fully saturated rings. The molecule has 1 saturated heterocycles. The molecule has 1 aliphatic rings. The van der Waals surface area contributed by atoms with Crippen molar-refractivity contribution in [3.05, 3.63) is 164 Å². The van der Waals surface area contributed by atoms with E-state index in [-0.39, 0.29) is 12.7 Å². The summed E-state index contributed by atoms with van der Waals surface area (Å²) in [4.78, 5) is 17.3. The number of rotatable bonds is 12. The lowest BCUT2D eigenvalue weighted by atomic mass is 9.80. The average molecular weight is 715 g/mol. The van der Waals surface area contributed by atoms with Crippen LogP contribution in [-0.2, 0) is 26.4 Å². The van der Waals surface area contributed by atoms with Crippen molar-refractivity contribution in [3.8, 4) is 5.88 Å². The van der Waals surface area contributed by atoms with E-state index in [0.717, 1.165) is 25.8 Å². The van der Waals surface area contributed by atoms with Crippen LogP contribution in [0.4, 0.5) is 0 Å². The van der Waals surface area contributed by atoms with Crippen LogP contribution in [0.25, 0.3) is 0 Å². The number of hydrogen-bond donors (Lipinski definition) is 0. The average Bonchev–Trinajstić information content (AvgIpc) is 3.50. The molecular formula is C37H35IN2O5. The van der Waals surface area contributed by atoms with Crippen LogP contribution in [-0.4, -0.2) is 35.0 Å². The molecule has 0 aliphatic carbocycles. The first-order valence-electron chi connectivity index (χ1n) is 15.1. The van der Waals surface area contributed by atoms with Crippen molar-refractivity contribution in [2.45, 2.75) is 44.0 Å². The molecule has 45 heavy (non-hydrogen) atoms. The minimum absolute atomic E-state index is 0.213. The van der Waals surface area contributed by atoms with E-state index >= 15 is 0 Å². The Bertz CT molecular complexity index is 1620. The Morgan fingerprint density at radius 3 is 1.91 bits per heavy atom. The number of nitrogens with zero attached hydrogens (tertiary/aromatic N) is 2. The van der Waals surface area contributed by atoms with Crippen molar-refractivity contribution in [1.82, 2.24) is 9.55 Å². The maximum atomic E-state index is 13.1. The summed E-state index contributed by atoms with van der Waals surface area (Å²) < 4.78 is 28.0. The summed E-state index contributed by atoms with van der Waals surface area (Å²) >= 11 is 2.14. The first-order valence-corrected chi connectivity index (χ1v) is 16.2. The van der Waals surface area contributed by atoms with E-state index < -0.39 is 23.6 Å². The standard InChI is InChI=1S/C37H35IN2O5/c1-2-42-35-31(38)24-40(36(41)39-35)34-23-32(43-25-27-15-7-3-8-16-27)33(45-34)26-44-37(28-17-9-4-10-18-28,29-19-11-5-12-20-29)30-21-13-6-14-22-30/h3-22,24,32-34H,2,23,25-26H2,1H3/t32-,33+,34+/m0/s1. The van der Waals surface area contributed by atoms with Crippen LogP contribution >= 0.6 is 22.6 Å². The van der Waals surface area contributed by atoms with Crippen LogP contribution < -0.4 is 10.4 Å². The van der Waals surface area contributed by atoms with Crippen molar-refractivity contribution in [3.63, 3.8) is 0 Å². The van der Waals surface area contributed by atoms with Gasteiger partial charge in [-0.25, -0.2) is 4.79 Å². The second kappa shape index (κ2) is 14.5. The van der Waals surface area contributed by atoms with Gasteiger partial charge in [0, 0.05) is 12.6 Å². The second-order valence-corrected chi connectivity index (χ2v) is 12.0. The van der Waals surface area contributed by atoms with Crippen LogP contribution in [0.2, 0.25) is 0 Å². The fourth-order valence-corrected chi connectivity index (χ4v) is 6.40. The zero-order valence-corrected chi connectivity index (χ0v) is 27.2. The van der Waals surface area contributed by atoms with E-state index in [2.05, 4.69) is 64.0 Å². The quantitative estimate of drug-likeness (QED) is 0.101. The summed E-state index contributed by atoms with van der Waals surface area (Å²) in [6.07, 6.45) is 0.812. The molecule has 3 atom stereocenters. The van der Waals surface area contributed by atoms with E-state index in [1.807, 2.05) is 91.9 Å². The molecule has 0 radical (unpaired) electrons. The van der Waals surface area contributed by atoms with Gasteiger partial charge in [0.2, 0.25) is 5.88 Å². The minimum Gasteiger partial charge on any atom is -0.477 e. The predicted octanol–water partition coefficient (Wildman–Crippen LogP) is 7.13. The highest BCUT2D eigenvalue weighted by Gasteiger charge is 2.43. The smallest absolute Gasteiger partial charge is 0.353 e. The third-order valence-electron chi connectivity index (χ3n) is 7.96. The summed E-state index contributed by atoms with van der Waals surface area (Å²) in [5, 5.41) is 0. The lowest BCUT2D eigenvalue weighted by Gasteiger charge is -2.37. The van der Waals surface area contributed by atoms with E-state index in [1.165, 1.54) is 4.57 Å². The molecule has 1 aromatic heterocycles. The van der Waals surface area contributed by atoms with Crippen molar-refractivity contribution in [2.75, 3.05) is 13.2 Å². The van der Waals surface area contributed by atoms with Gasteiger partial charge in [-0.3, -0.25) is 4.57 Å². The topological polar surface area (TPSA) is 71.8 Å². The maximum Gasteiger partial charge on any atom is 0.353 e. The number of aromatic nitrogens is 2. The molecule has 0 unspecified atom stereocenters. The Kier molecular flexibility index (Phi) is 10.0. The normalized spacial score (nSPS) is 18.1. The molecule has 0 amide bonds. The first kappa shape index (κ1) is 31.2. The van der Waals surface area contributed by atoms with Crippen LogP contribution in [0.1, 0.15) is 41.8 Å². The number of benzene rings is 4. The van der Waals surface area contributed by atoms with Gasteiger partial charge in [0.1, 0.15) is 17.9 Å². The molecule has 0 N–H and O–H groups in total. The van der Waals surface area contributed by atoms with Crippen molar-refractivity contribution >= 4 is 22.6 Å². The zero-order valence-electron chi connectivity index (χ0n) is 25.0. The molecule has 6 rings (SSSR count). The first-order chi connectivity index (χ1) is 22.1. The number of ether oxygens (including phenoxy) is 4. The molecule has 230 valence electrons. The van der Waals surface area contributed by atoms with Crippen molar-refractivity contribution in [2.24, 2.45) is 0 Å². The van der Waals surface area contributed by atoms with Crippen LogP contribution in [0.15, 0.2) is 132 Å². The fourth-order valence-electron chi connectivity index (χ4n) is 5.82. The van der Waals surface area contributed by atoms with Gasteiger partial charge in [-0.1, -0.05) is 121 Å². The van der Waals surface area contributed by atoms with Crippen molar-refractivity contribution in [1.29, 1.82) is 0 Å². The summed E-state index contributed by atoms with van der Waals surface area (Å²) in [6, 6.07) is 40.8. The summed E-state index contributed by atoms with van der Waals surface area (Å²) in [5.41, 5.74) is 2.71. The van der Waals surface area contributed by atoms with Crippen molar-refractivity contribution < 1.29 is 18.9 Å². The summed E-state index contributed by atoms with van der Waals surface area (Å²) in [5.74, 6) is 0.326. The molecule has 7 nitrogen and oxygen atoms in total. The fraction of sp³-hybridized carbons (Fsp3) is 0.243. The molecule has 2 heterocycles. The Morgan fingerprint density at radius 1 is 0.844 bits per heavy atom. The third-order valence-corrected chi connectivity index (χ3v) is 8.70. The van der Waals surface area contributed by atoms with Gasteiger partial charge in [0.25, 0.3) is 0 Å². The van der Waals surface area contributed by atoms with E-state index in [9.17, 15) is 4.79 Å². The van der Waals surface area contributed by atoms with Gasteiger partial charge in [-0.15, -0.1) is 0 Å². The lowest BCUT2D eigenvalue weighted by Crippen LogP contribution is -2.38. The summed E-state index contributed by atoms with van der Waals surface area (Å²) in [7, 11) is 0. The minimum atomic E-state index is -0.915. The predicted molar refractivity (Wildman–Crippen MR) is 181 cm³/mol. The monoisotopic (exact) mass is 714 g/mol. The highest BCUT2D eigenvalue weighted by atomic mass is 127. The Labute approximate surface area is 276 Å². The maximum absolute atomic E-state index is 13.1. The van der Waals surface area contributed by atoms with Crippen LogP contribution in [0.5, 0.6) is 5.88 Å². The van der Waals surface area contributed by atoms with Gasteiger partial charge in [-0.05, 0) is 51.8 Å². The molecule has 8 heteroatoms. The van der Waals surface area contributed by atoms with Gasteiger partial charge in [0.15, 0.2) is 0 Å². The zero-order chi connectivity index (χ0) is 31.1. The lowest BCUT2D eigenvalue weighted by molar-refractivity contribution is -0.106. The Balaban J connectivity index is 1.35. The molecule has 5 aromatic rings. The van der Waals surface area contributed by atoms with Gasteiger partial charge >= 0.3 is 5.69 Å². The van der Waals surface area contributed by atoms with E-state index in [0.29, 0.717) is 25.5 Å². The second-order valence-electron chi connectivity index (χ2n) is 10.8. The van der Waals surface area contributed by atoms with E-state index in [1.54, 1.807) is 6.20 Å². The number of halogens is 1. The Hall–Kier alpha value is -3.83. The van der Waals surface area contributed by atoms with Gasteiger partial charge < -0.3 is 18.9 Å². The van der Waals surface area contributed by atoms with Crippen LogP contribution in [0, 0.1) is 3.57 Å². The molecule has 1 aliphatic heterocycles. The van der Waals surface area contributed by atoms with E-state index in [4.69, 9.17) is 18.9 Å². The van der Waals surface area contributed by atoms with Crippen LogP contribution in [0.3, 0.4) is 0 Å². The number of hydrogen-bond acceptors (Lipinski definition) is 6. The largest absolute Gasteiger partial charge is 0.477 e. The highest BCUT2D eigenvalue weighted by Crippen LogP contribution is 2.42. The molecule has 4 aromatic carbocycles. The molecule has 0 saturated carbocycles. The van der Waals surface area contributed by atoms with Gasteiger partial charge in [-0.2, -0.15) is 4.98 Å². The third kappa shape index (κ3) is 6.89. The molecule has 0 spiro atoms. The molecule has 0 bridgehead atoms. The summed E-state index contributed by atoms with van der Waals surface area (Å²) in [6.45, 7) is 2.91. The van der Waals surface area contributed by atoms with Gasteiger partial charge in [0.05, 0.1) is 29.5 Å². The highest BCUT2D eigenvalue weighted by molar-refractivity contribution is 14.1. The Morgan fingerprint density at radius 2 is 1.38 bits per heavy atom.